The van der Waals surface area contributed by atoms with Gasteiger partial charge in [-0.3, -0.25) is 14.5 Å². The summed E-state index contributed by atoms with van der Waals surface area (Å²) >= 11 is 4.90. The van der Waals surface area contributed by atoms with E-state index >= 15 is 0 Å². The second kappa shape index (κ2) is 10.9. The molecule has 0 saturated carbocycles. The van der Waals surface area contributed by atoms with E-state index in [0.29, 0.717) is 26.4 Å². The summed E-state index contributed by atoms with van der Waals surface area (Å²) in [5.41, 5.74) is 11.4. The molecule has 1 fully saturated rings. The number of aliphatic carboxylic acids is 1. The van der Waals surface area contributed by atoms with Crippen molar-refractivity contribution in [3.63, 3.8) is 0 Å². The van der Waals surface area contributed by atoms with Crippen LogP contribution in [-0.2, 0) is 25.8 Å². The van der Waals surface area contributed by atoms with Crippen molar-refractivity contribution in [2.75, 3.05) is 23.8 Å². The maximum atomic E-state index is 12.9. The van der Waals surface area contributed by atoms with Crippen molar-refractivity contribution in [2.24, 2.45) is 10.9 Å². The number of carbonyl (C=O) groups is 3. The fourth-order valence-electron chi connectivity index (χ4n) is 3.18. The average Bonchev–Trinajstić information content (AvgIpc) is 3.49. The number of β-lactam (4-membered cyclic amide) rings is 1. The third-order valence-electron chi connectivity index (χ3n) is 4.68. The molecule has 35 heavy (non-hydrogen) atoms. The van der Waals surface area contributed by atoms with Crippen LogP contribution in [0.4, 0.5) is 5.13 Å². The van der Waals surface area contributed by atoms with Gasteiger partial charge in [-0.05, 0) is 12.5 Å². The Labute approximate surface area is 214 Å². The van der Waals surface area contributed by atoms with E-state index in [2.05, 4.69) is 30.0 Å². The predicted octanol–water partition coefficient (Wildman–Crippen LogP) is -0.298. The van der Waals surface area contributed by atoms with Gasteiger partial charge in [-0.15, -0.1) is 22.0 Å². The topological polar surface area (TPSA) is 212 Å². The van der Waals surface area contributed by atoms with Gasteiger partial charge in [0.2, 0.25) is 11.5 Å². The van der Waals surface area contributed by atoms with E-state index in [1.54, 1.807) is 6.92 Å². The highest BCUT2D eigenvalue weighted by Crippen LogP contribution is 2.41. The number of rotatable bonds is 10. The Hall–Kier alpha value is -2.80. The van der Waals surface area contributed by atoms with Crippen molar-refractivity contribution in [1.82, 2.24) is 29.8 Å². The zero-order chi connectivity index (χ0) is 25.1. The van der Waals surface area contributed by atoms with E-state index < -0.39 is 29.2 Å². The Morgan fingerprint density at radius 2 is 2.20 bits per heavy atom. The fourth-order valence-corrected chi connectivity index (χ4v) is 6.87. The molecule has 0 aliphatic carbocycles. The lowest BCUT2D eigenvalue weighted by Gasteiger charge is -2.49. The third kappa shape index (κ3) is 5.25. The summed E-state index contributed by atoms with van der Waals surface area (Å²) in [6.45, 7) is 2.16. The number of amides is 2. The average molecular weight is 558 g/mol. The minimum Gasteiger partial charge on any atom is -0.477 e. The summed E-state index contributed by atoms with van der Waals surface area (Å²) in [5, 5.41) is 24.4. The van der Waals surface area contributed by atoms with Crippen LogP contribution in [0.2, 0.25) is 0 Å². The molecule has 0 spiro atoms. The second-order valence-corrected chi connectivity index (χ2v) is 11.1. The number of fused-ring (bicyclic) bond motifs is 1. The number of nitrogens with zero attached hydrogens (tertiary/aromatic N) is 6. The molecule has 14 nitrogen and oxygen atoms in total. The highest BCUT2D eigenvalue weighted by atomic mass is 32.2. The van der Waals surface area contributed by atoms with Gasteiger partial charge >= 0.3 is 5.97 Å². The number of hydrogen-bond donors (Lipinski definition) is 4. The molecule has 0 radical (unpaired) electrons. The normalized spacial score (nSPS) is 19.9. The smallest absolute Gasteiger partial charge is 0.352 e. The van der Waals surface area contributed by atoms with E-state index in [1.807, 2.05) is 0 Å². The summed E-state index contributed by atoms with van der Waals surface area (Å²) in [4.78, 5) is 48.0. The number of hydrogen-bond acceptors (Lipinski definition) is 15. The van der Waals surface area contributed by atoms with Gasteiger partial charge in [0, 0.05) is 29.6 Å². The summed E-state index contributed by atoms with van der Waals surface area (Å²) in [6, 6.07) is -0.950. The number of nitrogen functional groups attached to an aromatic ring is 1. The van der Waals surface area contributed by atoms with Crippen molar-refractivity contribution >= 4 is 75.0 Å². The molecule has 2 aliphatic rings. The lowest BCUT2D eigenvalue weighted by atomic mass is 10.0. The first kappa shape index (κ1) is 25.3. The Morgan fingerprint density at radius 1 is 1.40 bits per heavy atom. The Morgan fingerprint density at radius 3 is 2.83 bits per heavy atom. The molecule has 2 aromatic rings. The van der Waals surface area contributed by atoms with Crippen LogP contribution >= 0.6 is 46.4 Å². The number of aromatic nitrogens is 4. The van der Waals surface area contributed by atoms with Crippen molar-refractivity contribution in [2.45, 2.75) is 29.2 Å². The molecular formula is C17H19N9O5S4. The SMILES string of the molecule is CCO/N=C(/C(=O)NC1C(=O)N2C(C(=O)O)=C(CSc3nnc(CN)s3)CSC12)c1nsc(N)n1. The molecule has 6 N–H and O–H groups in total. The van der Waals surface area contributed by atoms with Gasteiger partial charge in [0.15, 0.2) is 9.47 Å². The molecule has 2 atom stereocenters. The minimum atomic E-state index is -1.22. The standard InChI is InChI=1S/C17H19N9O5S4/c1-2-31-24-8(11-21-16(19)35-25-11)12(27)20-9-13(28)26-10(15(29)30)6(4-32-14(9)26)5-33-17-23-22-7(3-18)34-17/h9,14H,2-5,18H2,1H3,(H,20,27)(H,29,30)(H2,19,21,25)/b24-8+. The van der Waals surface area contributed by atoms with Crippen LogP contribution in [0.1, 0.15) is 17.8 Å². The first-order valence-electron chi connectivity index (χ1n) is 9.99. The van der Waals surface area contributed by atoms with Gasteiger partial charge in [0.05, 0.1) is 0 Å². The lowest BCUT2D eigenvalue weighted by molar-refractivity contribution is -0.150. The summed E-state index contributed by atoms with van der Waals surface area (Å²) in [6.07, 6.45) is 0. The quantitative estimate of drug-likeness (QED) is 0.128. The molecule has 4 rings (SSSR count). The maximum Gasteiger partial charge on any atom is 0.352 e. The van der Waals surface area contributed by atoms with Crippen LogP contribution in [0.15, 0.2) is 20.8 Å². The predicted molar refractivity (Wildman–Crippen MR) is 131 cm³/mol. The van der Waals surface area contributed by atoms with E-state index in [0.717, 1.165) is 11.5 Å². The van der Waals surface area contributed by atoms with Gasteiger partial charge in [-0.2, -0.15) is 9.36 Å². The highest BCUT2D eigenvalue weighted by molar-refractivity contribution is 8.01. The molecule has 2 aliphatic heterocycles. The van der Waals surface area contributed by atoms with Gasteiger partial charge in [0.25, 0.3) is 11.8 Å². The Balaban J connectivity index is 1.48. The molecule has 18 heteroatoms. The highest BCUT2D eigenvalue weighted by Gasteiger charge is 2.54. The van der Waals surface area contributed by atoms with Gasteiger partial charge in [-0.1, -0.05) is 28.3 Å². The number of carboxylic acids is 1. The largest absolute Gasteiger partial charge is 0.477 e. The number of carboxylic acid groups (broad SMARTS) is 1. The number of thioether (sulfide) groups is 2. The number of oxime groups is 1. The Kier molecular flexibility index (Phi) is 7.85. The Bertz CT molecular complexity index is 1210. The monoisotopic (exact) mass is 557 g/mol. The summed E-state index contributed by atoms with van der Waals surface area (Å²) in [7, 11) is 0. The number of nitrogens with two attached hydrogens (primary N) is 2. The maximum absolute atomic E-state index is 12.9. The molecule has 2 aromatic heterocycles. The molecule has 2 amide bonds. The first-order valence-corrected chi connectivity index (χ1v) is 13.6. The van der Waals surface area contributed by atoms with Crippen LogP contribution in [-0.4, -0.2) is 82.6 Å². The van der Waals surface area contributed by atoms with Crippen molar-refractivity contribution in [3.05, 3.63) is 22.1 Å². The molecular weight excluding hydrogens is 539 g/mol. The van der Waals surface area contributed by atoms with Crippen LogP contribution in [0.5, 0.6) is 0 Å². The van der Waals surface area contributed by atoms with Crippen molar-refractivity contribution < 1.29 is 24.3 Å². The van der Waals surface area contributed by atoms with Crippen LogP contribution in [0, 0.1) is 0 Å². The van der Waals surface area contributed by atoms with Crippen molar-refractivity contribution in [3.8, 4) is 0 Å². The minimum absolute atomic E-state index is 0.0294. The zero-order valence-electron chi connectivity index (χ0n) is 18.0. The number of nitrogens with one attached hydrogen (secondary N) is 1. The van der Waals surface area contributed by atoms with E-state index in [4.69, 9.17) is 16.3 Å². The van der Waals surface area contributed by atoms with Crippen LogP contribution in [0.25, 0.3) is 0 Å². The van der Waals surface area contributed by atoms with Crippen LogP contribution < -0.4 is 16.8 Å². The molecule has 2 unspecified atom stereocenters. The lowest BCUT2D eigenvalue weighted by Crippen LogP contribution is -2.71. The summed E-state index contributed by atoms with van der Waals surface area (Å²) in [5.74, 6) is -1.84. The van der Waals surface area contributed by atoms with Gasteiger partial charge in [0.1, 0.15) is 28.7 Å². The van der Waals surface area contributed by atoms with Crippen molar-refractivity contribution in [1.29, 1.82) is 0 Å². The molecule has 1 saturated heterocycles. The number of carbonyl (C=O) groups excluding carboxylic acids is 2. The molecule has 0 aromatic carbocycles. The van der Waals surface area contributed by atoms with Crippen LogP contribution in [0.3, 0.4) is 0 Å². The van der Waals surface area contributed by atoms with E-state index in [9.17, 15) is 19.5 Å². The third-order valence-corrected chi connectivity index (χ3v) is 8.73. The van der Waals surface area contributed by atoms with E-state index in [1.165, 1.54) is 39.8 Å². The first-order chi connectivity index (χ1) is 16.8. The summed E-state index contributed by atoms with van der Waals surface area (Å²) < 4.78 is 4.63. The molecule has 0 bridgehead atoms. The molecule has 4 heterocycles. The number of anilines is 1. The van der Waals surface area contributed by atoms with Gasteiger partial charge < -0.3 is 26.7 Å². The van der Waals surface area contributed by atoms with Gasteiger partial charge in [-0.25, -0.2) is 4.79 Å². The fraction of sp³-hybridized carbons (Fsp3) is 0.412. The zero-order valence-corrected chi connectivity index (χ0v) is 21.3. The molecule has 186 valence electrons. The second-order valence-electron chi connectivity index (χ2n) is 6.89. The van der Waals surface area contributed by atoms with E-state index in [-0.39, 0.29) is 35.5 Å².